The molecule has 5 atom stereocenters. The molecule has 0 radical (unpaired) electrons. The van der Waals surface area contributed by atoms with Crippen LogP contribution in [0.25, 0.3) is 0 Å². The summed E-state index contributed by atoms with van der Waals surface area (Å²) in [7, 11) is 0. The van der Waals surface area contributed by atoms with Crippen LogP contribution in [0.5, 0.6) is 5.75 Å². The van der Waals surface area contributed by atoms with E-state index in [9.17, 15) is 44.1 Å². The fraction of sp³-hybridized carbons (Fsp3) is 0.500. The van der Waals surface area contributed by atoms with Gasteiger partial charge in [-0.15, -0.1) is 0 Å². The van der Waals surface area contributed by atoms with Crippen LogP contribution in [0.4, 0.5) is 0 Å². The second-order valence-electron chi connectivity index (χ2n) is 9.85. The molecule has 1 aromatic rings. The van der Waals surface area contributed by atoms with Crippen molar-refractivity contribution in [3.05, 3.63) is 29.8 Å². The first-order chi connectivity index (χ1) is 20.6. The summed E-state index contributed by atoms with van der Waals surface area (Å²) < 4.78 is 0. The number of rotatable bonds is 18. The highest BCUT2D eigenvalue weighted by Gasteiger charge is 2.28. The molecule has 14 N–H and O–H groups in total. The van der Waals surface area contributed by atoms with Gasteiger partial charge < -0.3 is 59.1 Å². The molecule has 0 saturated heterocycles. The van der Waals surface area contributed by atoms with E-state index in [2.05, 4.69) is 31.6 Å². The van der Waals surface area contributed by atoms with Gasteiger partial charge in [-0.2, -0.15) is 0 Å². The van der Waals surface area contributed by atoms with Crippen LogP contribution in [0.1, 0.15) is 32.3 Å². The van der Waals surface area contributed by atoms with Gasteiger partial charge in [0, 0.05) is 13.0 Å². The first kappa shape index (κ1) is 37.1. The van der Waals surface area contributed by atoms with Crippen LogP contribution in [0.3, 0.4) is 0 Å². The average Bonchev–Trinajstić information content (AvgIpc) is 2.94. The number of aliphatic hydroxyl groups excluding tert-OH is 1. The van der Waals surface area contributed by atoms with Crippen LogP contribution < -0.4 is 43.8 Å². The Bertz CT molecular complexity index is 1190. The number of carboxylic acids is 1. The smallest absolute Gasteiger partial charge is 0.326 e. The lowest BCUT2D eigenvalue weighted by atomic mass is 10.0. The number of phenolic OH excluding ortho intramolecular Hbond substituents is 1. The predicted molar refractivity (Wildman–Crippen MR) is 156 cm³/mol. The maximum Gasteiger partial charge on any atom is 0.326 e. The first-order valence-corrected chi connectivity index (χ1v) is 13.5. The van der Waals surface area contributed by atoms with Gasteiger partial charge in [-0.1, -0.05) is 12.1 Å². The van der Waals surface area contributed by atoms with Crippen molar-refractivity contribution in [2.45, 2.75) is 63.4 Å². The fourth-order valence-electron chi connectivity index (χ4n) is 3.56. The second-order valence-corrected chi connectivity index (χ2v) is 9.85. The molecule has 0 saturated carbocycles. The van der Waals surface area contributed by atoms with E-state index in [-0.39, 0.29) is 37.5 Å². The van der Waals surface area contributed by atoms with Crippen LogP contribution in [0.2, 0.25) is 0 Å². The van der Waals surface area contributed by atoms with Crippen LogP contribution in [0.15, 0.2) is 29.3 Å². The van der Waals surface area contributed by atoms with E-state index in [1.807, 2.05) is 0 Å². The van der Waals surface area contributed by atoms with Gasteiger partial charge >= 0.3 is 5.97 Å². The Labute approximate surface area is 253 Å². The molecule has 0 heterocycles. The van der Waals surface area contributed by atoms with Crippen molar-refractivity contribution in [2.75, 3.05) is 19.6 Å². The minimum absolute atomic E-state index is 0.00957. The Hall–Kier alpha value is -4.97. The molecule has 0 bridgehead atoms. The van der Waals surface area contributed by atoms with E-state index in [0.717, 1.165) is 0 Å². The molecule has 0 unspecified atom stereocenters. The second kappa shape index (κ2) is 18.5. The predicted octanol–water partition coefficient (Wildman–Crippen LogP) is -4.51. The molecule has 1 aromatic carbocycles. The number of aliphatic imine (C=N–C) groups is 1. The monoisotopic (exact) mass is 623 g/mol. The summed E-state index contributed by atoms with van der Waals surface area (Å²) in [6.45, 7) is 1.55. The van der Waals surface area contributed by atoms with Gasteiger partial charge in [0.25, 0.3) is 0 Å². The Morgan fingerprint density at radius 1 is 0.841 bits per heavy atom. The minimum atomic E-state index is -1.38. The molecule has 244 valence electrons. The van der Waals surface area contributed by atoms with Gasteiger partial charge in [-0.05, 0) is 44.4 Å². The number of nitrogens with zero attached hydrogens (tertiary/aromatic N) is 1. The lowest BCUT2D eigenvalue weighted by Crippen LogP contribution is -2.56. The first-order valence-electron chi connectivity index (χ1n) is 13.5. The number of nitrogens with two attached hydrogens (primary N) is 3. The summed E-state index contributed by atoms with van der Waals surface area (Å²) in [5.41, 5.74) is 16.5. The number of benzene rings is 1. The van der Waals surface area contributed by atoms with E-state index < -0.39 is 78.9 Å². The number of hydrogen-bond acceptors (Lipinski definition) is 10. The Balaban J connectivity index is 2.82. The lowest BCUT2D eigenvalue weighted by Gasteiger charge is -2.22. The van der Waals surface area contributed by atoms with Crippen molar-refractivity contribution in [2.24, 2.45) is 22.2 Å². The highest BCUT2D eigenvalue weighted by molar-refractivity contribution is 5.94. The molecule has 44 heavy (non-hydrogen) atoms. The van der Waals surface area contributed by atoms with Crippen LogP contribution in [-0.4, -0.2) is 107 Å². The molecule has 18 heteroatoms. The SMILES string of the molecule is C[C@H](N)C(=O)N[C@H](C(=O)NCC(=O)NCC(=O)N[C@H](Cc1ccc(O)cc1)C(=O)N[C@@H](CCCN=C(N)N)C(=O)O)[C@H](C)O. The standard InChI is InChI=1S/C26H41N9O9/c1-13(27)22(40)35-21(14(2)36)24(42)32-11-19(38)31-12-20(39)33-18(10-15-5-7-16(37)8-6-15)23(41)34-17(25(43)44)4-3-9-30-26(28)29/h5-8,13-14,17-18,21,36-37H,3-4,9-12,27H2,1-2H3,(H,31,38)(H,32,42)(H,33,39)(H,34,41)(H,35,40)(H,43,44)(H4,28,29,30)/t13-,14-,17-,18+,21-/m0/s1. The third-order valence-electron chi connectivity index (χ3n) is 5.93. The topological polar surface area (TPSA) is 314 Å². The molecular weight excluding hydrogens is 582 g/mol. The molecule has 0 aliphatic heterocycles. The molecule has 0 aliphatic carbocycles. The molecule has 0 aliphatic rings. The van der Waals surface area contributed by atoms with Gasteiger partial charge in [0.1, 0.15) is 23.9 Å². The van der Waals surface area contributed by atoms with E-state index >= 15 is 0 Å². The van der Waals surface area contributed by atoms with Gasteiger partial charge in [-0.3, -0.25) is 29.0 Å². The van der Waals surface area contributed by atoms with Crippen LogP contribution in [0, 0.1) is 0 Å². The van der Waals surface area contributed by atoms with Crippen molar-refractivity contribution >= 4 is 41.5 Å². The van der Waals surface area contributed by atoms with E-state index in [0.29, 0.717) is 5.56 Å². The Morgan fingerprint density at radius 3 is 2.00 bits per heavy atom. The molecule has 0 spiro atoms. The number of guanidine groups is 1. The molecule has 0 aromatic heterocycles. The molecule has 1 rings (SSSR count). The number of amides is 5. The van der Waals surface area contributed by atoms with Crippen molar-refractivity contribution in [3.8, 4) is 5.75 Å². The molecule has 5 amide bonds. The maximum absolute atomic E-state index is 13.1. The summed E-state index contributed by atoms with van der Waals surface area (Å²) in [6.07, 6.45) is -1.16. The van der Waals surface area contributed by atoms with E-state index in [1.54, 1.807) is 0 Å². The number of aliphatic carboxylic acids is 1. The zero-order valence-corrected chi connectivity index (χ0v) is 24.4. The largest absolute Gasteiger partial charge is 0.508 e. The van der Waals surface area contributed by atoms with E-state index in [4.69, 9.17) is 17.2 Å². The number of aromatic hydroxyl groups is 1. The zero-order valence-electron chi connectivity index (χ0n) is 24.4. The number of carboxylic acid groups (broad SMARTS) is 1. The number of nitrogens with one attached hydrogen (secondary N) is 5. The van der Waals surface area contributed by atoms with Gasteiger partial charge in [0.05, 0.1) is 25.2 Å². The average molecular weight is 624 g/mol. The van der Waals surface area contributed by atoms with Gasteiger partial charge in [-0.25, -0.2) is 4.79 Å². The number of phenols is 1. The normalized spacial score (nSPS) is 14.0. The third kappa shape index (κ3) is 14.3. The summed E-state index contributed by atoms with van der Waals surface area (Å²) in [6, 6.07) is 0.830. The maximum atomic E-state index is 13.1. The third-order valence-corrected chi connectivity index (χ3v) is 5.93. The quantitative estimate of drug-likeness (QED) is 0.0419. The number of carbonyl (C=O) groups is 6. The lowest BCUT2D eigenvalue weighted by molar-refractivity contribution is -0.142. The van der Waals surface area contributed by atoms with Crippen molar-refractivity contribution in [1.29, 1.82) is 0 Å². The van der Waals surface area contributed by atoms with Crippen molar-refractivity contribution in [1.82, 2.24) is 26.6 Å². The molecule has 0 fully saturated rings. The summed E-state index contributed by atoms with van der Waals surface area (Å²) >= 11 is 0. The van der Waals surface area contributed by atoms with Gasteiger partial charge in [0.15, 0.2) is 5.96 Å². The van der Waals surface area contributed by atoms with Crippen molar-refractivity contribution in [3.63, 3.8) is 0 Å². The van der Waals surface area contributed by atoms with Crippen LogP contribution >= 0.6 is 0 Å². The molecular formula is C26H41N9O9. The van der Waals surface area contributed by atoms with E-state index in [1.165, 1.54) is 38.1 Å². The minimum Gasteiger partial charge on any atom is -0.508 e. The highest BCUT2D eigenvalue weighted by Crippen LogP contribution is 2.12. The molecule has 18 nitrogen and oxygen atoms in total. The number of hydrogen-bond donors (Lipinski definition) is 11. The summed E-state index contributed by atoms with van der Waals surface area (Å²) in [5.74, 6) is -5.52. The number of carbonyl (C=O) groups excluding carboxylic acids is 5. The summed E-state index contributed by atoms with van der Waals surface area (Å²) in [5, 5.41) is 40.4. The van der Waals surface area contributed by atoms with Crippen LogP contribution in [-0.2, 0) is 35.2 Å². The fourth-order valence-corrected chi connectivity index (χ4v) is 3.56. The Kier molecular flexibility index (Phi) is 15.6. The van der Waals surface area contributed by atoms with Crippen molar-refractivity contribution < 1.29 is 44.1 Å². The van der Waals surface area contributed by atoms with Gasteiger partial charge in [0.2, 0.25) is 29.5 Å². The Morgan fingerprint density at radius 2 is 1.45 bits per heavy atom. The highest BCUT2D eigenvalue weighted by atomic mass is 16.4. The zero-order chi connectivity index (χ0) is 33.4. The number of aliphatic hydroxyl groups is 1. The summed E-state index contributed by atoms with van der Waals surface area (Å²) in [4.78, 5) is 77.5.